The molecule has 0 saturated carbocycles. The smallest absolute Gasteiger partial charge is 0.273 e. The van der Waals surface area contributed by atoms with Crippen molar-refractivity contribution in [2.45, 2.75) is 6.92 Å². The predicted molar refractivity (Wildman–Crippen MR) is 72.9 cm³/mol. The Bertz CT molecular complexity index is 546. The number of rotatable bonds is 5. The van der Waals surface area contributed by atoms with Crippen LogP contribution in [0, 0.1) is 6.92 Å². The minimum absolute atomic E-state index is 0.223. The Hall–Kier alpha value is -2.14. The molecule has 2 N–H and O–H groups in total. The summed E-state index contributed by atoms with van der Waals surface area (Å²) in [6, 6.07) is 7.78. The van der Waals surface area contributed by atoms with Gasteiger partial charge in [-0.3, -0.25) is 4.79 Å². The van der Waals surface area contributed by atoms with Crippen molar-refractivity contribution in [1.82, 2.24) is 15.6 Å². The van der Waals surface area contributed by atoms with E-state index in [4.69, 9.17) is 4.42 Å². The van der Waals surface area contributed by atoms with Gasteiger partial charge in [-0.1, -0.05) is 29.8 Å². The van der Waals surface area contributed by atoms with Gasteiger partial charge in [0.25, 0.3) is 5.91 Å². The largest absolute Gasteiger partial charge is 0.443 e. The van der Waals surface area contributed by atoms with Gasteiger partial charge < -0.3 is 15.1 Å². The van der Waals surface area contributed by atoms with Gasteiger partial charge in [-0.2, -0.15) is 0 Å². The molecule has 19 heavy (non-hydrogen) atoms. The fourth-order valence-corrected chi connectivity index (χ4v) is 1.70. The highest BCUT2D eigenvalue weighted by Crippen LogP contribution is 2.23. The van der Waals surface area contributed by atoms with Crippen LogP contribution in [0.15, 0.2) is 35.1 Å². The van der Waals surface area contributed by atoms with Crippen molar-refractivity contribution in [3.8, 4) is 11.3 Å². The summed E-state index contributed by atoms with van der Waals surface area (Å²) >= 11 is 0. The van der Waals surface area contributed by atoms with Crippen LogP contribution in [0.2, 0.25) is 0 Å². The summed E-state index contributed by atoms with van der Waals surface area (Å²) < 4.78 is 5.33. The highest BCUT2D eigenvalue weighted by Gasteiger charge is 2.17. The minimum atomic E-state index is -0.223. The average Bonchev–Trinajstić information content (AvgIpc) is 2.89. The van der Waals surface area contributed by atoms with Crippen LogP contribution in [-0.2, 0) is 0 Å². The van der Waals surface area contributed by atoms with E-state index in [0.29, 0.717) is 24.5 Å². The van der Waals surface area contributed by atoms with Crippen LogP contribution >= 0.6 is 0 Å². The molecule has 0 aliphatic rings. The Morgan fingerprint density at radius 3 is 2.68 bits per heavy atom. The molecular formula is C14H17N3O2. The first kappa shape index (κ1) is 13.3. The molecule has 2 aromatic rings. The second-order valence-corrected chi connectivity index (χ2v) is 4.26. The number of likely N-dealkylation sites (N-methyl/N-ethyl adjacent to an activating group) is 1. The lowest BCUT2D eigenvalue weighted by Gasteiger charge is -2.04. The van der Waals surface area contributed by atoms with Gasteiger partial charge in [-0.25, -0.2) is 4.98 Å². The topological polar surface area (TPSA) is 67.2 Å². The van der Waals surface area contributed by atoms with Gasteiger partial charge in [0, 0.05) is 18.7 Å². The van der Waals surface area contributed by atoms with Gasteiger partial charge in [-0.15, -0.1) is 0 Å². The molecule has 0 fully saturated rings. The number of aryl methyl sites for hydroxylation is 1. The number of oxazole rings is 1. The third-order valence-electron chi connectivity index (χ3n) is 2.76. The Morgan fingerprint density at radius 2 is 2.00 bits per heavy atom. The van der Waals surface area contributed by atoms with E-state index < -0.39 is 0 Å². The van der Waals surface area contributed by atoms with Gasteiger partial charge in [-0.05, 0) is 14.0 Å². The lowest BCUT2D eigenvalue weighted by Crippen LogP contribution is -2.30. The number of nitrogens with zero attached hydrogens (tertiary/aromatic N) is 1. The summed E-state index contributed by atoms with van der Waals surface area (Å²) in [6.07, 6.45) is 1.29. The molecule has 1 aromatic carbocycles. The Labute approximate surface area is 112 Å². The van der Waals surface area contributed by atoms with Crippen LogP contribution in [0.4, 0.5) is 0 Å². The third kappa shape index (κ3) is 3.20. The predicted octanol–water partition coefficient (Wildman–Crippen LogP) is 1.60. The SMILES string of the molecule is CNCCNC(=O)c1ncoc1-c1ccc(C)cc1. The van der Waals surface area contributed by atoms with Crippen molar-refractivity contribution in [3.05, 3.63) is 41.9 Å². The van der Waals surface area contributed by atoms with Crippen LogP contribution in [0.1, 0.15) is 16.1 Å². The maximum atomic E-state index is 12.0. The van der Waals surface area contributed by atoms with Gasteiger partial charge in [0.2, 0.25) is 0 Å². The van der Waals surface area contributed by atoms with Crippen LogP contribution in [-0.4, -0.2) is 31.0 Å². The number of nitrogens with one attached hydrogen (secondary N) is 2. The van der Waals surface area contributed by atoms with E-state index in [1.54, 1.807) is 0 Å². The molecule has 1 heterocycles. The maximum absolute atomic E-state index is 12.0. The molecule has 2 rings (SSSR count). The van der Waals surface area contributed by atoms with Crippen molar-refractivity contribution in [2.24, 2.45) is 0 Å². The zero-order valence-electron chi connectivity index (χ0n) is 11.1. The maximum Gasteiger partial charge on any atom is 0.273 e. The second kappa shape index (κ2) is 6.15. The van der Waals surface area contributed by atoms with Crippen LogP contribution in [0.3, 0.4) is 0 Å². The number of aromatic nitrogens is 1. The fourth-order valence-electron chi connectivity index (χ4n) is 1.70. The molecule has 0 saturated heterocycles. The number of hydrogen-bond donors (Lipinski definition) is 2. The van der Waals surface area contributed by atoms with Crippen LogP contribution < -0.4 is 10.6 Å². The quantitative estimate of drug-likeness (QED) is 0.800. The molecule has 0 aliphatic heterocycles. The molecule has 5 nitrogen and oxygen atoms in total. The molecule has 0 aliphatic carbocycles. The summed E-state index contributed by atoms with van der Waals surface area (Å²) in [5.74, 6) is 0.279. The van der Waals surface area contributed by atoms with Crippen molar-refractivity contribution in [3.63, 3.8) is 0 Å². The van der Waals surface area contributed by atoms with E-state index in [9.17, 15) is 4.79 Å². The van der Waals surface area contributed by atoms with E-state index in [1.807, 2.05) is 38.2 Å². The molecule has 0 radical (unpaired) electrons. The number of carbonyl (C=O) groups excluding carboxylic acids is 1. The zero-order valence-corrected chi connectivity index (χ0v) is 11.1. The summed E-state index contributed by atoms with van der Waals surface area (Å²) in [5, 5.41) is 5.75. The highest BCUT2D eigenvalue weighted by molar-refractivity contribution is 5.97. The molecule has 0 bridgehead atoms. The van der Waals surface area contributed by atoms with Crippen molar-refractivity contribution in [2.75, 3.05) is 20.1 Å². The van der Waals surface area contributed by atoms with Gasteiger partial charge in [0.15, 0.2) is 17.8 Å². The number of hydrogen-bond acceptors (Lipinski definition) is 4. The number of amides is 1. The van der Waals surface area contributed by atoms with Gasteiger partial charge in [0.1, 0.15) is 0 Å². The van der Waals surface area contributed by atoms with Gasteiger partial charge >= 0.3 is 0 Å². The summed E-state index contributed by atoms with van der Waals surface area (Å²) in [7, 11) is 1.83. The first-order valence-corrected chi connectivity index (χ1v) is 6.15. The van der Waals surface area contributed by atoms with Crippen LogP contribution in [0.25, 0.3) is 11.3 Å². The van der Waals surface area contributed by atoms with Crippen molar-refractivity contribution < 1.29 is 9.21 Å². The molecule has 1 amide bonds. The Kier molecular flexibility index (Phi) is 4.30. The standard InChI is InChI=1S/C14H17N3O2/c1-10-3-5-11(6-4-10)13-12(17-9-19-13)14(18)16-8-7-15-2/h3-6,9,15H,7-8H2,1-2H3,(H,16,18). The lowest BCUT2D eigenvalue weighted by molar-refractivity contribution is 0.0950. The minimum Gasteiger partial charge on any atom is -0.443 e. The molecule has 0 unspecified atom stereocenters. The van der Waals surface area contributed by atoms with Gasteiger partial charge in [0.05, 0.1) is 0 Å². The molecule has 1 aromatic heterocycles. The summed E-state index contributed by atoms with van der Waals surface area (Å²) in [4.78, 5) is 16.0. The summed E-state index contributed by atoms with van der Waals surface area (Å²) in [5.41, 5.74) is 2.32. The first-order chi connectivity index (χ1) is 9.22. The molecule has 100 valence electrons. The normalized spacial score (nSPS) is 10.4. The fraction of sp³-hybridized carbons (Fsp3) is 0.286. The average molecular weight is 259 g/mol. The molecule has 0 spiro atoms. The van der Waals surface area contributed by atoms with E-state index in [2.05, 4.69) is 15.6 Å². The lowest BCUT2D eigenvalue weighted by atomic mass is 10.1. The third-order valence-corrected chi connectivity index (χ3v) is 2.76. The first-order valence-electron chi connectivity index (χ1n) is 6.15. The molecule has 5 heteroatoms. The van der Waals surface area contributed by atoms with Crippen molar-refractivity contribution >= 4 is 5.91 Å². The Morgan fingerprint density at radius 1 is 1.26 bits per heavy atom. The molecular weight excluding hydrogens is 242 g/mol. The van der Waals surface area contributed by atoms with E-state index >= 15 is 0 Å². The van der Waals surface area contributed by atoms with Crippen molar-refractivity contribution in [1.29, 1.82) is 0 Å². The summed E-state index contributed by atoms with van der Waals surface area (Å²) in [6.45, 7) is 3.27. The molecule has 0 atom stereocenters. The Balaban J connectivity index is 2.17. The number of benzene rings is 1. The van der Waals surface area contributed by atoms with E-state index in [1.165, 1.54) is 6.39 Å². The van der Waals surface area contributed by atoms with Crippen LogP contribution in [0.5, 0.6) is 0 Å². The number of carbonyl (C=O) groups is 1. The zero-order chi connectivity index (χ0) is 13.7. The van der Waals surface area contributed by atoms with E-state index in [-0.39, 0.29) is 5.91 Å². The monoisotopic (exact) mass is 259 g/mol. The highest BCUT2D eigenvalue weighted by atomic mass is 16.3. The second-order valence-electron chi connectivity index (χ2n) is 4.26. The van der Waals surface area contributed by atoms with E-state index in [0.717, 1.165) is 11.1 Å².